The Balaban J connectivity index is 3.30. The van der Waals surface area contributed by atoms with Crippen molar-refractivity contribution in [3.05, 3.63) is 24.3 Å². The molecule has 0 spiro atoms. The first-order valence-corrected chi connectivity index (χ1v) is 5.28. The standard InChI is InChI=1S/C12H23N/c1-4-6-8-12(3)9-7-11-13-10-5-2/h4,9,13H,1,5-8,10-11H2,2-3H3. The first-order valence-electron chi connectivity index (χ1n) is 5.28. The van der Waals surface area contributed by atoms with Gasteiger partial charge in [0.05, 0.1) is 0 Å². The van der Waals surface area contributed by atoms with Crippen LogP contribution in [0.2, 0.25) is 0 Å². The van der Waals surface area contributed by atoms with E-state index in [0.717, 1.165) is 32.4 Å². The van der Waals surface area contributed by atoms with E-state index in [9.17, 15) is 0 Å². The fourth-order valence-corrected chi connectivity index (χ4v) is 1.15. The summed E-state index contributed by atoms with van der Waals surface area (Å²) in [5, 5.41) is 3.38. The number of hydrogen-bond donors (Lipinski definition) is 1. The molecule has 0 saturated heterocycles. The average molecular weight is 181 g/mol. The Kier molecular flexibility index (Phi) is 9.12. The van der Waals surface area contributed by atoms with Crippen LogP contribution >= 0.6 is 0 Å². The second-order valence-corrected chi connectivity index (χ2v) is 3.42. The molecule has 0 aromatic rings. The summed E-state index contributed by atoms with van der Waals surface area (Å²) in [5.41, 5.74) is 1.48. The van der Waals surface area contributed by atoms with Crippen molar-refractivity contribution in [1.29, 1.82) is 0 Å². The first-order chi connectivity index (χ1) is 6.31. The van der Waals surface area contributed by atoms with Crippen molar-refractivity contribution in [3.63, 3.8) is 0 Å². The minimum atomic E-state index is 1.10. The van der Waals surface area contributed by atoms with Crippen LogP contribution in [0.3, 0.4) is 0 Å². The van der Waals surface area contributed by atoms with Gasteiger partial charge < -0.3 is 5.32 Å². The third-order valence-electron chi connectivity index (χ3n) is 1.98. The highest BCUT2D eigenvalue weighted by molar-refractivity contribution is 4.99. The van der Waals surface area contributed by atoms with E-state index in [1.165, 1.54) is 12.0 Å². The maximum Gasteiger partial charge on any atom is -0.00142 e. The van der Waals surface area contributed by atoms with Crippen LogP contribution in [0, 0.1) is 0 Å². The molecule has 0 aromatic heterocycles. The van der Waals surface area contributed by atoms with Crippen LogP contribution < -0.4 is 5.32 Å². The topological polar surface area (TPSA) is 12.0 Å². The van der Waals surface area contributed by atoms with Gasteiger partial charge >= 0.3 is 0 Å². The minimum Gasteiger partial charge on any atom is -0.316 e. The predicted octanol–water partition coefficient (Wildman–Crippen LogP) is 3.29. The number of hydrogen-bond acceptors (Lipinski definition) is 1. The van der Waals surface area contributed by atoms with Crippen molar-refractivity contribution in [2.75, 3.05) is 13.1 Å². The molecule has 1 N–H and O–H groups in total. The van der Waals surface area contributed by atoms with Crippen molar-refractivity contribution in [2.24, 2.45) is 0 Å². The quantitative estimate of drug-likeness (QED) is 0.447. The second kappa shape index (κ2) is 9.53. The Bertz CT molecular complexity index is 147. The van der Waals surface area contributed by atoms with Gasteiger partial charge in [-0.2, -0.15) is 0 Å². The molecule has 0 radical (unpaired) electrons. The van der Waals surface area contributed by atoms with Crippen molar-refractivity contribution < 1.29 is 0 Å². The first kappa shape index (κ1) is 12.4. The third-order valence-corrected chi connectivity index (χ3v) is 1.98. The summed E-state index contributed by atoms with van der Waals surface area (Å²) >= 11 is 0. The molecule has 1 heteroatoms. The lowest BCUT2D eigenvalue weighted by Gasteiger charge is -2.00. The number of rotatable bonds is 8. The fraction of sp³-hybridized carbons (Fsp3) is 0.667. The van der Waals surface area contributed by atoms with E-state index in [-0.39, 0.29) is 0 Å². The monoisotopic (exact) mass is 181 g/mol. The van der Waals surface area contributed by atoms with E-state index < -0.39 is 0 Å². The van der Waals surface area contributed by atoms with E-state index >= 15 is 0 Å². The van der Waals surface area contributed by atoms with Crippen LogP contribution in [0.1, 0.15) is 39.5 Å². The third kappa shape index (κ3) is 9.35. The van der Waals surface area contributed by atoms with Crippen LogP contribution in [-0.2, 0) is 0 Å². The van der Waals surface area contributed by atoms with Gasteiger partial charge in [-0.25, -0.2) is 0 Å². The molecule has 0 aliphatic carbocycles. The Morgan fingerprint density at radius 1 is 1.31 bits per heavy atom. The van der Waals surface area contributed by atoms with Gasteiger partial charge in [0.2, 0.25) is 0 Å². The van der Waals surface area contributed by atoms with E-state index in [2.05, 4.69) is 31.8 Å². The highest BCUT2D eigenvalue weighted by atomic mass is 14.8. The molecular weight excluding hydrogens is 158 g/mol. The summed E-state index contributed by atoms with van der Waals surface area (Å²) in [6.45, 7) is 10.4. The van der Waals surface area contributed by atoms with Crippen LogP contribution in [0.5, 0.6) is 0 Å². The van der Waals surface area contributed by atoms with E-state index in [0.29, 0.717) is 0 Å². The fourth-order valence-electron chi connectivity index (χ4n) is 1.15. The van der Waals surface area contributed by atoms with Crippen molar-refractivity contribution in [3.8, 4) is 0 Å². The molecule has 0 aromatic carbocycles. The molecule has 76 valence electrons. The molecule has 0 unspecified atom stereocenters. The lowest BCUT2D eigenvalue weighted by molar-refractivity contribution is 0.676. The predicted molar refractivity (Wildman–Crippen MR) is 61.0 cm³/mol. The van der Waals surface area contributed by atoms with E-state index in [1.807, 2.05) is 6.08 Å². The SMILES string of the molecule is C=CCCC(C)=CCCNCCC. The minimum absolute atomic E-state index is 1.10. The molecule has 0 amide bonds. The highest BCUT2D eigenvalue weighted by Crippen LogP contribution is 2.04. The second-order valence-electron chi connectivity index (χ2n) is 3.42. The van der Waals surface area contributed by atoms with E-state index in [1.54, 1.807) is 0 Å². The van der Waals surface area contributed by atoms with Crippen molar-refractivity contribution in [1.82, 2.24) is 5.32 Å². The molecular formula is C12H23N. The van der Waals surface area contributed by atoms with Crippen LogP contribution in [0.4, 0.5) is 0 Å². The van der Waals surface area contributed by atoms with Crippen molar-refractivity contribution >= 4 is 0 Å². The zero-order valence-corrected chi connectivity index (χ0v) is 9.10. The molecule has 0 atom stereocenters. The van der Waals surface area contributed by atoms with Gasteiger partial charge in [-0.3, -0.25) is 0 Å². The maximum atomic E-state index is 3.71. The number of nitrogens with one attached hydrogen (secondary N) is 1. The summed E-state index contributed by atoms with van der Waals surface area (Å²) in [5.74, 6) is 0. The molecule has 0 aliphatic rings. The summed E-state index contributed by atoms with van der Waals surface area (Å²) in [6.07, 6.45) is 8.95. The zero-order valence-electron chi connectivity index (χ0n) is 9.10. The molecule has 0 rings (SSSR count). The molecule has 0 fully saturated rings. The molecule has 0 bridgehead atoms. The molecule has 13 heavy (non-hydrogen) atoms. The summed E-state index contributed by atoms with van der Waals surface area (Å²) in [6, 6.07) is 0. The van der Waals surface area contributed by atoms with E-state index in [4.69, 9.17) is 0 Å². The zero-order chi connectivity index (χ0) is 9.94. The van der Waals surface area contributed by atoms with Gasteiger partial charge in [0.15, 0.2) is 0 Å². The Labute approximate surface area is 82.9 Å². The van der Waals surface area contributed by atoms with Gasteiger partial charge in [-0.1, -0.05) is 24.6 Å². The van der Waals surface area contributed by atoms with Gasteiger partial charge in [0.1, 0.15) is 0 Å². The molecule has 0 aliphatic heterocycles. The Morgan fingerprint density at radius 2 is 2.08 bits per heavy atom. The van der Waals surface area contributed by atoms with Gasteiger partial charge in [0.25, 0.3) is 0 Å². The average Bonchev–Trinajstić information content (AvgIpc) is 2.14. The van der Waals surface area contributed by atoms with Crippen LogP contribution in [0.25, 0.3) is 0 Å². The maximum absolute atomic E-state index is 3.71. The lowest BCUT2D eigenvalue weighted by atomic mass is 10.1. The highest BCUT2D eigenvalue weighted by Gasteiger charge is 1.87. The largest absolute Gasteiger partial charge is 0.316 e. The van der Waals surface area contributed by atoms with Crippen molar-refractivity contribution in [2.45, 2.75) is 39.5 Å². The Hall–Kier alpha value is -0.560. The molecule has 1 nitrogen and oxygen atoms in total. The van der Waals surface area contributed by atoms with Gasteiger partial charge in [-0.05, 0) is 45.7 Å². The molecule has 0 saturated carbocycles. The van der Waals surface area contributed by atoms with Crippen LogP contribution in [-0.4, -0.2) is 13.1 Å². The summed E-state index contributed by atoms with van der Waals surface area (Å²) in [7, 11) is 0. The summed E-state index contributed by atoms with van der Waals surface area (Å²) in [4.78, 5) is 0. The number of allylic oxidation sites excluding steroid dienone is 2. The van der Waals surface area contributed by atoms with Crippen LogP contribution in [0.15, 0.2) is 24.3 Å². The molecule has 0 heterocycles. The summed E-state index contributed by atoms with van der Waals surface area (Å²) < 4.78 is 0. The Morgan fingerprint density at radius 3 is 2.69 bits per heavy atom. The lowest BCUT2D eigenvalue weighted by Crippen LogP contribution is -2.15. The smallest absolute Gasteiger partial charge is 0.00142 e. The van der Waals surface area contributed by atoms with Gasteiger partial charge in [-0.15, -0.1) is 6.58 Å². The normalized spacial score (nSPS) is 11.7. The van der Waals surface area contributed by atoms with Gasteiger partial charge in [0, 0.05) is 0 Å².